The molecule has 8 nitrogen and oxygen atoms in total. The Hall–Kier alpha value is -0.860. The summed E-state index contributed by atoms with van der Waals surface area (Å²) in [5.74, 6) is 0. The molecule has 20 heteroatoms. The Morgan fingerprint density at radius 3 is 1.19 bits per heavy atom. The van der Waals surface area contributed by atoms with Crippen molar-refractivity contribution in [3.63, 3.8) is 0 Å². The third kappa shape index (κ3) is 10.5. The van der Waals surface area contributed by atoms with Crippen molar-refractivity contribution >= 4 is 29.5 Å². The molecule has 0 fully saturated rings. The van der Waals surface area contributed by atoms with Gasteiger partial charge in [0.05, 0.1) is 31.2 Å². The SMILES string of the molecule is CCCCCCCC[N+](C)(C)CCO.O=S(=O)([C-](S(=O)(=O)C(F)(F)F)S(=O)(=O)C(F)(F)F)C(F)(F)F. The predicted molar refractivity (Wildman–Crippen MR) is 110 cm³/mol. The molecular formula is C16H28F9NO7S3. The van der Waals surface area contributed by atoms with Crippen molar-refractivity contribution in [1.29, 1.82) is 0 Å². The maximum Gasteiger partial charge on any atom is 0.470 e. The average molecular weight is 614 g/mol. The van der Waals surface area contributed by atoms with E-state index in [9.17, 15) is 64.8 Å². The van der Waals surface area contributed by atoms with Gasteiger partial charge in [-0.15, -0.1) is 0 Å². The van der Waals surface area contributed by atoms with Crippen molar-refractivity contribution in [1.82, 2.24) is 0 Å². The predicted octanol–water partition coefficient (Wildman–Crippen LogP) is 3.65. The molecule has 0 unspecified atom stereocenters. The van der Waals surface area contributed by atoms with Gasteiger partial charge in [0.15, 0.2) is 29.5 Å². The van der Waals surface area contributed by atoms with Crippen LogP contribution < -0.4 is 0 Å². The minimum absolute atomic E-state index is 0.308. The molecule has 0 aliphatic rings. The number of quaternary nitrogens is 1. The lowest BCUT2D eigenvalue weighted by Gasteiger charge is -2.31. The fourth-order valence-electron chi connectivity index (χ4n) is 2.42. The van der Waals surface area contributed by atoms with Gasteiger partial charge in [-0.2, -0.15) is 39.5 Å². The van der Waals surface area contributed by atoms with Crippen molar-refractivity contribution in [2.75, 3.05) is 33.8 Å². The number of aliphatic hydroxyl groups excluding tert-OH is 1. The van der Waals surface area contributed by atoms with E-state index in [1.165, 1.54) is 45.1 Å². The van der Waals surface area contributed by atoms with E-state index < -0.39 is 50.0 Å². The van der Waals surface area contributed by atoms with E-state index in [0.29, 0.717) is 6.61 Å². The summed E-state index contributed by atoms with van der Waals surface area (Å²) in [6.45, 7) is 4.64. The lowest BCUT2D eigenvalue weighted by molar-refractivity contribution is -0.890. The van der Waals surface area contributed by atoms with Crippen LogP contribution in [0.4, 0.5) is 39.5 Å². The summed E-state index contributed by atoms with van der Waals surface area (Å²) >= 11 is 0. The highest BCUT2D eigenvalue weighted by molar-refractivity contribution is 8.29. The van der Waals surface area contributed by atoms with E-state index in [0.717, 1.165) is 11.0 Å². The normalized spacial score (nSPS) is 14.5. The zero-order valence-corrected chi connectivity index (χ0v) is 21.8. The van der Waals surface area contributed by atoms with Gasteiger partial charge in [-0.1, -0.05) is 32.6 Å². The summed E-state index contributed by atoms with van der Waals surface area (Å²) in [6.07, 6.45) is 8.14. The second kappa shape index (κ2) is 13.3. The topological polar surface area (TPSA) is 123 Å². The molecule has 1 N–H and O–H groups in total. The number of aliphatic hydroxyl groups is 1. The van der Waals surface area contributed by atoms with Crippen LogP contribution in [0.15, 0.2) is 0 Å². The summed E-state index contributed by atoms with van der Waals surface area (Å²) in [6, 6.07) is 0. The van der Waals surface area contributed by atoms with Crippen LogP contribution in [-0.2, 0) is 29.5 Å². The van der Waals surface area contributed by atoms with Crippen LogP contribution in [0, 0.1) is 3.91 Å². The molecule has 0 saturated heterocycles. The number of nitrogens with zero attached hydrogens (tertiary/aromatic N) is 1. The van der Waals surface area contributed by atoms with E-state index in [-0.39, 0.29) is 0 Å². The van der Waals surface area contributed by atoms with Crippen LogP contribution in [0.3, 0.4) is 0 Å². The lowest BCUT2D eigenvalue weighted by Crippen LogP contribution is -2.47. The van der Waals surface area contributed by atoms with Gasteiger partial charge in [-0.25, -0.2) is 0 Å². The number of rotatable bonds is 12. The van der Waals surface area contributed by atoms with Crippen molar-refractivity contribution in [2.45, 2.75) is 62.0 Å². The average Bonchev–Trinajstić information content (AvgIpc) is 2.61. The molecule has 0 heterocycles. The molecular weight excluding hydrogens is 585 g/mol. The molecule has 0 radical (unpaired) electrons. The molecule has 0 saturated carbocycles. The van der Waals surface area contributed by atoms with Crippen molar-refractivity contribution in [3.05, 3.63) is 3.91 Å². The second-order valence-corrected chi connectivity index (χ2v) is 14.4. The van der Waals surface area contributed by atoms with E-state index in [4.69, 9.17) is 5.11 Å². The number of unbranched alkanes of at least 4 members (excludes halogenated alkanes) is 5. The molecule has 0 bridgehead atoms. The minimum atomic E-state index is -8.02. The van der Waals surface area contributed by atoms with Gasteiger partial charge < -0.3 is 9.59 Å². The van der Waals surface area contributed by atoms with Crippen molar-refractivity contribution < 1.29 is 74.4 Å². The zero-order chi connectivity index (χ0) is 29.4. The quantitative estimate of drug-likeness (QED) is 0.154. The fourth-order valence-corrected chi connectivity index (χ4v) is 8.15. The van der Waals surface area contributed by atoms with Gasteiger partial charge in [0.25, 0.3) is 0 Å². The van der Waals surface area contributed by atoms with Crippen molar-refractivity contribution in [2.24, 2.45) is 0 Å². The van der Waals surface area contributed by atoms with E-state index in [1.54, 1.807) is 0 Å². The van der Waals surface area contributed by atoms with Gasteiger partial charge in [0.2, 0.25) is 0 Å². The zero-order valence-electron chi connectivity index (χ0n) is 19.3. The smallest absolute Gasteiger partial charge is 0.391 e. The monoisotopic (exact) mass is 613 g/mol. The second-order valence-electron chi connectivity index (χ2n) is 7.97. The highest BCUT2D eigenvalue weighted by Crippen LogP contribution is 2.47. The van der Waals surface area contributed by atoms with E-state index in [1.807, 2.05) is 0 Å². The number of likely N-dealkylation sites (N-methyl/N-ethyl adjacent to an activating group) is 1. The molecule has 0 rings (SSSR count). The first kappa shape index (κ1) is 37.3. The Kier molecular flexibility index (Phi) is 13.8. The van der Waals surface area contributed by atoms with Gasteiger partial charge >= 0.3 is 16.5 Å². The number of halogens is 9. The van der Waals surface area contributed by atoms with E-state index >= 15 is 0 Å². The van der Waals surface area contributed by atoms with E-state index in [2.05, 4.69) is 21.0 Å². The first-order valence-electron chi connectivity index (χ1n) is 9.98. The molecule has 0 aromatic rings. The van der Waals surface area contributed by atoms with Crippen LogP contribution in [0.2, 0.25) is 0 Å². The Balaban J connectivity index is 0. The Morgan fingerprint density at radius 2 is 0.917 bits per heavy atom. The Bertz CT molecular complexity index is 881. The number of sulfone groups is 3. The number of alkyl halides is 9. The summed E-state index contributed by atoms with van der Waals surface area (Å²) in [4.78, 5) is 0. The van der Waals surface area contributed by atoms with Crippen LogP contribution in [0.25, 0.3) is 0 Å². The molecule has 0 aromatic heterocycles. The summed E-state index contributed by atoms with van der Waals surface area (Å²) in [5.41, 5.74) is -21.2. The van der Waals surface area contributed by atoms with Crippen LogP contribution in [0.5, 0.6) is 0 Å². The van der Waals surface area contributed by atoms with Gasteiger partial charge in [-0.3, -0.25) is 25.3 Å². The molecule has 0 spiro atoms. The first-order valence-corrected chi connectivity index (χ1v) is 14.4. The van der Waals surface area contributed by atoms with Gasteiger partial charge in [-0.05, 0) is 12.8 Å². The maximum absolute atomic E-state index is 12.0. The maximum atomic E-state index is 12.0. The summed E-state index contributed by atoms with van der Waals surface area (Å²) in [5, 5.41) is 8.86. The number of hydrogen-bond acceptors (Lipinski definition) is 7. The summed E-state index contributed by atoms with van der Waals surface area (Å²) in [7, 11) is -19.7. The van der Waals surface area contributed by atoms with Crippen LogP contribution in [-0.4, -0.2) is 85.2 Å². The lowest BCUT2D eigenvalue weighted by atomic mass is 10.1. The van der Waals surface area contributed by atoms with Crippen LogP contribution in [0.1, 0.15) is 45.4 Å². The molecule has 0 aromatic carbocycles. The van der Waals surface area contributed by atoms with Crippen molar-refractivity contribution in [3.8, 4) is 0 Å². The highest BCUT2D eigenvalue weighted by Gasteiger charge is 2.63. The van der Waals surface area contributed by atoms with Gasteiger partial charge in [0, 0.05) is 0 Å². The molecule has 220 valence electrons. The number of hydrogen-bond donors (Lipinski definition) is 1. The largest absolute Gasteiger partial charge is 0.470 e. The highest BCUT2D eigenvalue weighted by atomic mass is 32.3. The Morgan fingerprint density at radius 1 is 0.611 bits per heavy atom. The van der Waals surface area contributed by atoms with Crippen LogP contribution >= 0.6 is 0 Å². The Labute approximate surface area is 203 Å². The molecule has 0 aliphatic carbocycles. The third-order valence-electron chi connectivity index (χ3n) is 4.39. The minimum Gasteiger partial charge on any atom is -0.391 e. The first-order chi connectivity index (χ1) is 15.7. The molecule has 0 atom stereocenters. The molecule has 0 aliphatic heterocycles. The fraction of sp³-hybridized carbons (Fsp3) is 0.938. The molecule has 0 amide bonds. The third-order valence-corrected chi connectivity index (χ3v) is 11.5. The van der Waals surface area contributed by atoms with Gasteiger partial charge in [0.1, 0.15) is 6.54 Å². The molecule has 36 heavy (non-hydrogen) atoms. The summed E-state index contributed by atoms with van der Waals surface area (Å²) < 4.78 is 168. The standard InChI is InChI=1S/C12H28NO.C4F9O6S3/c1-4-5-6-7-8-9-10-13(2,3)11-12-14;5-2(6,7)20(14,15)1(21(16,17)3(8,9)10)22(18,19)4(11,12)13/h14H,4-12H2,1-3H3;/q+1;-1.